The molecule has 0 bridgehead atoms. The molecule has 0 fully saturated rings. The van der Waals surface area contributed by atoms with Crippen molar-refractivity contribution in [1.82, 2.24) is 10.3 Å². The molecule has 1 aromatic carbocycles. The first-order valence-corrected chi connectivity index (χ1v) is 13.3. The fourth-order valence-corrected chi connectivity index (χ4v) is 4.73. The van der Waals surface area contributed by atoms with Crippen molar-refractivity contribution in [2.24, 2.45) is 11.8 Å². The number of carbonyl (C=O) groups excluding carboxylic acids is 2. The third-order valence-electron chi connectivity index (χ3n) is 6.63. The van der Waals surface area contributed by atoms with Crippen LogP contribution in [0.4, 0.5) is 5.82 Å². The minimum absolute atomic E-state index is 0.00204. The second kappa shape index (κ2) is 16.6. The standard InChI is InChI=1S/C30H43N3O5/c1-21(19-32-2)14-22(7-5-13-34)6-4-8-26(35)18-27(36)11-10-24-17-29(38-3)28(37)16-25(24)15-23-9-12-30(31)33-20-23/h9-12,16-17,20-22,32,34,37H,4-8,13-15,18-19H2,1-3H3,(H2,31,33). The summed E-state index contributed by atoms with van der Waals surface area (Å²) in [6.07, 6.45) is 9.89. The number of nitrogens with zero attached hydrogens (tertiary/aromatic N) is 1. The number of rotatable bonds is 18. The molecular formula is C30H43N3O5. The number of allylic oxidation sites excluding steroid dienone is 1. The van der Waals surface area contributed by atoms with E-state index in [0.29, 0.717) is 41.8 Å². The molecule has 2 rings (SSSR count). The van der Waals surface area contributed by atoms with Crippen molar-refractivity contribution in [2.75, 3.05) is 33.0 Å². The van der Waals surface area contributed by atoms with E-state index >= 15 is 0 Å². The Kier molecular flexibility index (Phi) is 13.5. The van der Waals surface area contributed by atoms with Crippen LogP contribution in [-0.4, -0.2) is 54.1 Å². The summed E-state index contributed by atoms with van der Waals surface area (Å²) < 4.78 is 5.23. The second-order valence-electron chi connectivity index (χ2n) is 10.0. The fourth-order valence-electron chi connectivity index (χ4n) is 4.73. The smallest absolute Gasteiger partial charge is 0.163 e. The van der Waals surface area contributed by atoms with Gasteiger partial charge in [0.25, 0.3) is 0 Å². The summed E-state index contributed by atoms with van der Waals surface area (Å²) in [5.74, 6) is 1.39. The molecule has 2 unspecified atom stereocenters. The van der Waals surface area contributed by atoms with E-state index in [-0.39, 0.29) is 30.3 Å². The lowest BCUT2D eigenvalue weighted by molar-refractivity contribution is -0.124. The topological polar surface area (TPSA) is 135 Å². The molecule has 208 valence electrons. The summed E-state index contributed by atoms with van der Waals surface area (Å²) in [4.78, 5) is 29.2. The summed E-state index contributed by atoms with van der Waals surface area (Å²) >= 11 is 0. The van der Waals surface area contributed by atoms with Crippen molar-refractivity contribution in [3.05, 3.63) is 53.2 Å². The largest absolute Gasteiger partial charge is 0.504 e. The number of ketones is 2. The lowest BCUT2D eigenvalue weighted by atomic mass is 9.87. The predicted molar refractivity (Wildman–Crippen MR) is 151 cm³/mol. The van der Waals surface area contributed by atoms with Crippen LogP contribution >= 0.6 is 0 Å². The minimum atomic E-state index is -0.262. The Hall–Kier alpha value is -3.23. The first-order chi connectivity index (χ1) is 18.2. The number of aliphatic hydroxyl groups is 1. The SMILES string of the molecule is CNCC(C)CC(CCCO)CCCC(=O)CC(=O)C=Cc1cc(OC)c(O)cc1Cc1ccc(N)nc1. The Morgan fingerprint density at radius 3 is 2.63 bits per heavy atom. The molecule has 0 spiro atoms. The van der Waals surface area contributed by atoms with Gasteiger partial charge in [0.2, 0.25) is 0 Å². The van der Waals surface area contributed by atoms with Crippen LogP contribution in [0.3, 0.4) is 0 Å². The number of phenols is 1. The molecule has 1 heterocycles. The van der Waals surface area contributed by atoms with Crippen LogP contribution in [0.25, 0.3) is 6.08 Å². The zero-order valence-corrected chi connectivity index (χ0v) is 22.9. The number of hydrogen-bond donors (Lipinski definition) is 4. The molecule has 0 saturated carbocycles. The first-order valence-electron chi connectivity index (χ1n) is 13.3. The minimum Gasteiger partial charge on any atom is -0.504 e. The molecule has 38 heavy (non-hydrogen) atoms. The summed E-state index contributed by atoms with van der Waals surface area (Å²) in [5.41, 5.74) is 8.06. The quantitative estimate of drug-likeness (QED) is 0.167. The van der Waals surface area contributed by atoms with Crippen LogP contribution in [0.15, 0.2) is 36.5 Å². The summed E-state index contributed by atoms with van der Waals surface area (Å²) in [6.45, 7) is 3.34. The fraction of sp³-hybridized carbons (Fsp3) is 0.500. The lowest BCUT2D eigenvalue weighted by Crippen LogP contribution is -2.19. The molecule has 0 aliphatic heterocycles. The number of nitrogens with one attached hydrogen (secondary N) is 1. The summed E-state index contributed by atoms with van der Waals surface area (Å²) in [7, 11) is 3.41. The number of nitrogens with two attached hydrogens (primary N) is 1. The molecule has 8 nitrogen and oxygen atoms in total. The average Bonchev–Trinajstić information content (AvgIpc) is 2.88. The number of hydrogen-bond acceptors (Lipinski definition) is 8. The van der Waals surface area contributed by atoms with Gasteiger partial charge >= 0.3 is 0 Å². The van der Waals surface area contributed by atoms with Crippen LogP contribution in [-0.2, 0) is 16.0 Å². The van der Waals surface area contributed by atoms with Gasteiger partial charge < -0.3 is 26.0 Å². The highest BCUT2D eigenvalue weighted by molar-refractivity contribution is 6.06. The maximum atomic E-state index is 12.6. The Morgan fingerprint density at radius 2 is 1.97 bits per heavy atom. The van der Waals surface area contributed by atoms with Gasteiger partial charge in [-0.15, -0.1) is 0 Å². The zero-order chi connectivity index (χ0) is 27.9. The van der Waals surface area contributed by atoms with Gasteiger partial charge in [-0.3, -0.25) is 9.59 Å². The average molecular weight is 526 g/mol. The second-order valence-corrected chi connectivity index (χ2v) is 10.0. The molecule has 0 aliphatic rings. The Morgan fingerprint density at radius 1 is 1.21 bits per heavy atom. The predicted octanol–water partition coefficient (Wildman–Crippen LogP) is 4.31. The number of benzene rings is 1. The monoisotopic (exact) mass is 525 g/mol. The van der Waals surface area contributed by atoms with Gasteiger partial charge in [-0.25, -0.2) is 4.98 Å². The number of ether oxygens (including phenoxy) is 1. The highest BCUT2D eigenvalue weighted by Gasteiger charge is 2.15. The molecule has 0 amide bonds. The number of aromatic nitrogens is 1. The molecular weight excluding hydrogens is 482 g/mol. The van der Waals surface area contributed by atoms with Gasteiger partial charge in [-0.1, -0.05) is 25.5 Å². The van der Waals surface area contributed by atoms with Gasteiger partial charge in [0.05, 0.1) is 13.5 Å². The van der Waals surface area contributed by atoms with Crippen molar-refractivity contribution < 1.29 is 24.5 Å². The van der Waals surface area contributed by atoms with Crippen molar-refractivity contribution in [2.45, 2.75) is 58.3 Å². The number of Topliss-reactive ketones (excluding diaryl/α,β-unsaturated/α-hetero) is 1. The number of aliphatic hydroxyl groups excluding tert-OH is 1. The molecule has 1 aromatic heterocycles. The highest BCUT2D eigenvalue weighted by atomic mass is 16.5. The van der Waals surface area contributed by atoms with Crippen LogP contribution in [0.5, 0.6) is 11.5 Å². The van der Waals surface area contributed by atoms with Crippen molar-refractivity contribution in [3.8, 4) is 11.5 Å². The van der Waals surface area contributed by atoms with E-state index in [1.807, 2.05) is 13.1 Å². The van der Waals surface area contributed by atoms with E-state index in [0.717, 1.165) is 49.8 Å². The van der Waals surface area contributed by atoms with Crippen LogP contribution in [0.2, 0.25) is 0 Å². The number of anilines is 1. The zero-order valence-electron chi connectivity index (χ0n) is 22.9. The van der Waals surface area contributed by atoms with Crippen molar-refractivity contribution in [3.63, 3.8) is 0 Å². The normalized spacial score (nSPS) is 12.9. The summed E-state index contributed by atoms with van der Waals surface area (Å²) in [6, 6.07) is 6.84. The molecule has 0 saturated heterocycles. The Bertz CT molecular complexity index is 1050. The van der Waals surface area contributed by atoms with E-state index in [1.54, 1.807) is 30.5 Å². The third kappa shape index (κ3) is 11.0. The van der Waals surface area contributed by atoms with Crippen LogP contribution in [0, 0.1) is 11.8 Å². The maximum absolute atomic E-state index is 12.6. The summed E-state index contributed by atoms with van der Waals surface area (Å²) in [5, 5.41) is 22.7. The molecule has 2 atom stereocenters. The highest BCUT2D eigenvalue weighted by Crippen LogP contribution is 2.31. The van der Waals surface area contributed by atoms with Crippen molar-refractivity contribution in [1.29, 1.82) is 0 Å². The number of pyridine rings is 1. The number of methoxy groups -OCH3 is 1. The lowest BCUT2D eigenvalue weighted by Gasteiger charge is -2.20. The molecule has 8 heteroatoms. The van der Waals surface area contributed by atoms with E-state index in [1.165, 1.54) is 13.2 Å². The number of nitrogen functional groups attached to an aromatic ring is 1. The van der Waals surface area contributed by atoms with E-state index in [9.17, 15) is 19.8 Å². The molecule has 5 N–H and O–H groups in total. The first kappa shape index (κ1) is 31.0. The van der Waals surface area contributed by atoms with E-state index in [4.69, 9.17) is 10.5 Å². The number of phenolic OH excluding ortho intramolecular Hbond substituents is 1. The van der Waals surface area contributed by atoms with Gasteiger partial charge in [0.15, 0.2) is 17.3 Å². The number of aromatic hydroxyl groups is 1. The van der Waals surface area contributed by atoms with E-state index < -0.39 is 0 Å². The van der Waals surface area contributed by atoms with Gasteiger partial charge in [0.1, 0.15) is 11.6 Å². The maximum Gasteiger partial charge on any atom is 0.163 e. The molecule has 0 aliphatic carbocycles. The molecule has 0 radical (unpaired) electrons. The Labute approximate surface area is 226 Å². The number of carbonyl (C=O) groups is 2. The van der Waals surface area contributed by atoms with Crippen molar-refractivity contribution >= 4 is 23.5 Å². The van der Waals surface area contributed by atoms with Crippen LogP contribution in [0.1, 0.15) is 68.6 Å². The Balaban J connectivity index is 1.96. The van der Waals surface area contributed by atoms with E-state index in [2.05, 4.69) is 17.2 Å². The van der Waals surface area contributed by atoms with Crippen LogP contribution < -0.4 is 15.8 Å². The van der Waals surface area contributed by atoms with Gasteiger partial charge in [-0.2, -0.15) is 0 Å². The third-order valence-corrected chi connectivity index (χ3v) is 6.63. The van der Waals surface area contributed by atoms with Gasteiger partial charge in [-0.05, 0) is 98.5 Å². The van der Waals surface area contributed by atoms with Gasteiger partial charge in [0, 0.05) is 19.2 Å². The molecule has 2 aromatic rings.